The number of halogens is 1. The van der Waals surface area contributed by atoms with Gasteiger partial charge in [-0.15, -0.1) is 24.0 Å². The first-order chi connectivity index (χ1) is 15.1. The second-order valence-electron chi connectivity index (χ2n) is 8.62. The van der Waals surface area contributed by atoms with Crippen molar-refractivity contribution in [3.05, 3.63) is 35.9 Å². The van der Waals surface area contributed by atoms with E-state index in [2.05, 4.69) is 33.1 Å². The van der Waals surface area contributed by atoms with Gasteiger partial charge in [-0.3, -0.25) is 9.59 Å². The minimum Gasteiger partial charge on any atom is -0.357 e. The molecule has 0 radical (unpaired) electrons. The fraction of sp³-hybridized carbons (Fsp3) is 0.625. The normalized spacial score (nSPS) is 19.4. The molecule has 0 bridgehead atoms. The summed E-state index contributed by atoms with van der Waals surface area (Å²) in [5.41, 5.74) is 1.25. The van der Waals surface area contributed by atoms with Crippen molar-refractivity contribution < 1.29 is 9.59 Å². The average Bonchev–Trinajstić information content (AvgIpc) is 3.15. The van der Waals surface area contributed by atoms with E-state index in [-0.39, 0.29) is 48.3 Å². The van der Waals surface area contributed by atoms with E-state index in [9.17, 15) is 9.59 Å². The number of hydrogen-bond donors (Lipinski definition) is 3. The number of likely N-dealkylation sites (tertiary alicyclic amines) is 1. The Labute approximate surface area is 209 Å². The maximum atomic E-state index is 12.4. The second kappa shape index (κ2) is 14.3. The van der Waals surface area contributed by atoms with E-state index in [4.69, 9.17) is 0 Å². The third kappa shape index (κ3) is 8.96. The first-order valence-electron chi connectivity index (χ1n) is 11.8. The molecule has 0 aromatic heterocycles. The molecule has 1 saturated heterocycles. The lowest BCUT2D eigenvalue weighted by Crippen LogP contribution is -2.42. The fourth-order valence-electron chi connectivity index (χ4n) is 4.37. The van der Waals surface area contributed by atoms with Crippen molar-refractivity contribution in [3.8, 4) is 0 Å². The zero-order valence-electron chi connectivity index (χ0n) is 19.1. The minimum absolute atomic E-state index is 0. The first-order valence-corrected chi connectivity index (χ1v) is 11.8. The lowest BCUT2D eigenvalue weighted by atomic mass is 9.95. The molecule has 1 atom stereocenters. The molecular formula is C24H38IN5O2. The Kier molecular flexibility index (Phi) is 11.8. The van der Waals surface area contributed by atoms with Crippen molar-refractivity contribution in [2.45, 2.75) is 57.9 Å². The smallest absolute Gasteiger partial charge is 0.242 e. The number of nitrogens with one attached hydrogen (secondary N) is 3. The van der Waals surface area contributed by atoms with E-state index in [1.807, 2.05) is 30.0 Å². The monoisotopic (exact) mass is 555 g/mol. The predicted molar refractivity (Wildman–Crippen MR) is 139 cm³/mol. The van der Waals surface area contributed by atoms with E-state index in [0.717, 1.165) is 38.9 Å². The average molecular weight is 556 g/mol. The molecule has 1 aromatic rings. The van der Waals surface area contributed by atoms with Gasteiger partial charge in [-0.25, -0.2) is 4.99 Å². The number of carbonyl (C=O) groups excluding carboxylic acids is 2. The molecule has 1 aromatic carbocycles. The van der Waals surface area contributed by atoms with Crippen LogP contribution in [0.2, 0.25) is 0 Å². The first kappa shape index (κ1) is 26.4. The Balaban J connectivity index is 0.00000363. The molecule has 1 aliphatic heterocycles. The molecular weight excluding hydrogens is 517 g/mol. The van der Waals surface area contributed by atoms with Gasteiger partial charge in [-0.05, 0) is 31.7 Å². The minimum atomic E-state index is -0.0211. The quantitative estimate of drug-likeness (QED) is 0.249. The Bertz CT molecular complexity index is 737. The number of rotatable bonds is 9. The van der Waals surface area contributed by atoms with Crippen molar-refractivity contribution in [2.75, 3.05) is 32.7 Å². The largest absolute Gasteiger partial charge is 0.357 e. The van der Waals surface area contributed by atoms with Gasteiger partial charge in [-0.1, -0.05) is 49.6 Å². The van der Waals surface area contributed by atoms with Crippen LogP contribution in [0, 0.1) is 5.92 Å². The molecule has 7 nitrogen and oxygen atoms in total. The highest BCUT2D eigenvalue weighted by Gasteiger charge is 2.29. The van der Waals surface area contributed by atoms with E-state index < -0.39 is 0 Å². The zero-order valence-corrected chi connectivity index (χ0v) is 21.5. The van der Waals surface area contributed by atoms with Gasteiger partial charge in [0.25, 0.3) is 0 Å². The molecule has 3 rings (SSSR count). The SMILES string of the molecule is CCNC(=NCC(=O)NC1CCCCC1)NCC1CC(=O)N(CCc2ccccc2)C1.I. The zero-order chi connectivity index (χ0) is 21.9. The van der Waals surface area contributed by atoms with Crippen LogP contribution >= 0.6 is 24.0 Å². The van der Waals surface area contributed by atoms with Gasteiger partial charge in [0, 0.05) is 44.6 Å². The van der Waals surface area contributed by atoms with E-state index in [1.54, 1.807) is 0 Å². The number of aliphatic imine (C=N–C) groups is 1. The molecule has 0 spiro atoms. The van der Waals surface area contributed by atoms with Gasteiger partial charge < -0.3 is 20.9 Å². The van der Waals surface area contributed by atoms with Crippen LogP contribution in [-0.2, 0) is 16.0 Å². The van der Waals surface area contributed by atoms with Crippen LogP contribution in [0.5, 0.6) is 0 Å². The summed E-state index contributed by atoms with van der Waals surface area (Å²) in [7, 11) is 0. The Morgan fingerprint density at radius 2 is 1.88 bits per heavy atom. The molecule has 1 heterocycles. The van der Waals surface area contributed by atoms with Crippen molar-refractivity contribution in [3.63, 3.8) is 0 Å². The topological polar surface area (TPSA) is 85.8 Å². The van der Waals surface area contributed by atoms with E-state index >= 15 is 0 Å². The molecule has 2 aliphatic rings. The Hall–Kier alpha value is -1.84. The van der Waals surface area contributed by atoms with Gasteiger partial charge in [0.15, 0.2) is 5.96 Å². The van der Waals surface area contributed by atoms with Gasteiger partial charge in [0.05, 0.1) is 0 Å². The third-order valence-electron chi connectivity index (χ3n) is 6.06. The number of guanidine groups is 1. The summed E-state index contributed by atoms with van der Waals surface area (Å²) in [6.07, 6.45) is 7.25. The van der Waals surface area contributed by atoms with Crippen LogP contribution in [-0.4, -0.2) is 61.4 Å². The maximum Gasteiger partial charge on any atom is 0.242 e. The highest BCUT2D eigenvalue weighted by atomic mass is 127. The van der Waals surface area contributed by atoms with Crippen LogP contribution in [0.25, 0.3) is 0 Å². The van der Waals surface area contributed by atoms with Gasteiger partial charge in [0.2, 0.25) is 11.8 Å². The molecule has 178 valence electrons. The lowest BCUT2D eigenvalue weighted by molar-refractivity contribution is -0.127. The summed E-state index contributed by atoms with van der Waals surface area (Å²) in [5, 5.41) is 9.61. The van der Waals surface area contributed by atoms with Crippen molar-refractivity contribution in [1.82, 2.24) is 20.9 Å². The van der Waals surface area contributed by atoms with Gasteiger partial charge in [0.1, 0.15) is 6.54 Å². The van der Waals surface area contributed by atoms with Crippen LogP contribution in [0.1, 0.15) is 51.0 Å². The van der Waals surface area contributed by atoms with Gasteiger partial charge >= 0.3 is 0 Å². The Morgan fingerprint density at radius 3 is 2.59 bits per heavy atom. The molecule has 8 heteroatoms. The molecule has 1 unspecified atom stereocenters. The third-order valence-corrected chi connectivity index (χ3v) is 6.06. The van der Waals surface area contributed by atoms with Crippen LogP contribution < -0.4 is 16.0 Å². The molecule has 1 aliphatic carbocycles. The molecule has 1 saturated carbocycles. The highest BCUT2D eigenvalue weighted by Crippen LogP contribution is 2.18. The maximum absolute atomic E-state index is 12.4. The number of amides is 2. The number of carbonyl (C=O) groups is 2. The summed E-state index contributed by atoms with van der Waals surface area (Å²) in [4.78, 5) is 31.0. The van der Waals surface area contributed by atoms with Gasteiger partial charge in [-0.2, -0.15) is 0 Å². The molecule has 2 fully saturated rings. The molecule has 32 heavy (non-hydrogen) atoms. The van der Waals surface area contributed by atoms with Crippen molar-refractivity contribution >= 4 is 41.8 Å². The summed E-state index contributed by atoms with van der Waals surface area (Å²) in [6.45, 7) is 5.05. The molecule has 2 amide bonds. The lowest BCUT2D eigenvalue weighted by Gasteiger charge is -2.22. The number of benzene rings is 1. The van der Waals surface area contributed by atoms with Crippen LogP contribution in [0.15, 0.2) is 35.3 Å². The van der Waals surface area contributed by atoms with Crippen molar-refractivity contribution in [2.24, 2.45) is 10.9 Å². The summed E-state index contributed by atoms with van der Waals surface area (Å²) >= 11 is 0. The molecule has 3 N–H and O–H groups in total. The standard InChI is InChI=1S/C24H37N5O2.HI/c1-2-25-24(27-17-22(30)28-21-11-7-4-8-12-21)26-16-20-15-23(31)29(18-20)14-13-19-9-5-3-6-10-19;/h3,5-6,9-10,20-21H,2,4,7-8,11-18H2,1H3,(H,28,30)(H2,25,26,27);1H. The van der Waals surface area contributed by atoms with Crippen LogP contribution in [0.3, 0.4) is 0 Å². The number of nitrogens with zero attached hydrogens (tertiary/aromatic N) is 2. The fourth-order valence-corrected chi connectivity index (χ4v) is 4.37. The van der Waals surface area contributed by atoms with E-state index in [1.165, 1.54) is 24.8 Å². The van der Waals surface area contributed by atoms with E-state index in [0.29, 0.717) is 25.0 Å². The Morgan fingerprint density at radius 1 is 1.12 bits per heavy atom. The summed E-state index contributed by atoms with van der Waals surface area (Å²) < 4.78 is 0. The predicted octanol–water partition coefficient (Wildman–Crippen LogP) is 2.70. The number of hydrogen-bond acceptors (Lipinski definition) is 3. The van der Waals surface area contributed by atoms with Crippen LogP contribution in [0.4, 0.5) is 0 Å². The summed E-state index contributed by atoms with van der Waals surface area (Å²) in [5.74, 6) is 1.09. The summed E-state index contributed by atoms with van der Waals surface area (Å²) in [6, 6.07) is 10.6. The second-order valence-corrected chi connectivity index (χ2v) is 8.62. The van der Waals surface area contributed by atoms with Crippen molar-refractivity contribution in [1.29, 1.82) is 0 Å². The highest BCUT2D eigenvalue weighted by molar-refractivity contribution is 14.0.